The summed E-state index contributed by atoms with van der Waals surface area (Å²) in [6, 6.07) is 10.4. The van der Waals surface area contributed by atoms with Crippen molar-refractivity contribution >= 4 is 11.9 Å². The highest BCUT2D eigenvalue weighted by Crippen LogP contribution is 2.34. The monoisotopic (exact) mass is 343 g/mol. The zero-order valence-corrected chi connectivity index (χ0v) is 13.6. The summed E-state index contributed by atoms with van der Waals surface area (Å²) in [7, 11) is 0. The van der Waals surface area contributed by atoms with Gasteiger partial charge in [-0.25, -0.2) is 4.39 Å². The predicted molar refractivity (Wildman–Crippen MR) is 89.0 cm³/mol. The number of benzene rings is 2. The van der Waals surface area contributed by atoms with Crippen molar-refractivity contribution in [2.75, 3.05) is 13.1 Å². The Kier molecular flexibility index (Phi) is 4.44. The van der Waals surface area contributed by atoms with Crippen molar-refractivity contribution in [1.82, 2.24) is 4.90 Å². The molecule has 0 aliphatic carbocycles. The third-order valence-corrected chi connectivity index (χ3v) is 4.60. The zero-order chi connectivity index (χ0) is 18.1. The Morgan fingerprint density at radius 2 is 1.80 bits per heavy atom. The maximum atomic E-state index is 13.1. The highest BCUT2D eigenvalue weighted by Gasteiger charge is 2.41. The minimum atomic E-state index is -1.00. The van der Waals surface area contributed by atoms with Crippen molar-refractivity contribution in [2.45, 2.75) is 12.8 Å². The average Bonchev–Trinajstić information content (AvgIpc) is 3.02. The maximum Gasteiger partial charge on any atom is 0.308 e. The number of carbonyl (C=O) groups excluding carboxylic acids is 1. The summed E-state index contributed by atoms with van der Waals surface area (Å²) in [4.78, 5) is 25.8. The standard InChI is InChI=1S/C19H18FNO4/c1-11-2-7-17(22)14(8-11)18(23)21-9-15(16(10-21)19(24)25)12-3-5-13(20)6-4-12/h2-8,15-16,22H,9-10H2,1H3,(H,24,25)/t15-,16+/m0/s1. The number of nitrogens with zero attached hydrogens (tertiary/aromatic N) is 1. The Labute approximate surface area is 144 Å². The fraction of sp³-hybridized carbons (Fsp3) is 0.263. The van der Waals surface area contributed by atoms with Gasteiger partial charge >= 0.3 is 5.97 Å². The highest BCUT2D eigenvalue weighted by molar-refractivity contribution is 5.97. The molecule has 2 aromatic carbocycles. The molecular weight excluding hydrogens is 325 g/mol. The van der Waals surface area contributed by atoms with Gasteiger partial charge in [0.1, 0.15) is 11.6 Å². The van der Waals surface area contributed by atoms with Crippen LogP contribution in [-0.4, -0.2) is 40.1 Å². The number of halogens is 1. The lowest BCUT2D eigenvalue weighted by molar-refractivity contribution is -0.141. The first-order valence-electron chi connectivity index (χ1n) is 7.94. The number of phenolic OH excluding ortho intramolecular Hbond substituents is 1. The van der Waals surface area contributed by atoms with E-state index < -0.39 is 29.5 Å². The van der Waals surface area contributed by atoms with Gasteiger partial charge in [0.25, 0.3) is 5.91 Å². The number of carboxylic acid groups (broad SMARTS) is 1. The van der Waals surface area contributed by atoms with Gasteiger partial charge in [0.2, 0.25) is 0 Å². The van der Waals surface area contributed by atoms with E-state index in [-0.39, 0.29) is 24.4 Å². The van der Waals surface area contributed by atoms with E-state index in [0.717, 1.165) is 5.56 Å². The first-order chi connectivity index (χ1) is 11.9. The first kappa shape index (κ1) is 17.0. The van der Waals surface area contributed by atoms with Gasteiger partial charge in [-0.1, -0.05) is 23.8 Å². The van der Waals surface area contributed by atoms with Crippen LogP contribution in [0.1, 0.15) is 27.4 Å². The van der Waals surface area contributed by atoms with E-state index in [0.29, 0.717) is 5.56 Å². The van der Waals surface area contributed by atoms with Crippen LogP contribution in [0, 0.1) is 18.7 Å². The lowest BCUT2D eigenvalue weighted by Gasteiger charge is -2.17. The van der Waals surface area contributed by atoms with Crippen molar-refractivity contribution in [1.29, 1.82) is 0 Å². The normalized spacial score (nSPS) is 19.8. The molecule has 1 saturated heterocycles. The maximum absolute atomic E-state index is 13.1. The third kappa shape index (κ3) is 3.33. The summed E-state index contributed by atoms with van der Waals surface area (Å²) < 4.78 is 13.1. The number of carbonyl (C=O) groups is 2. The smallest absolute Gasteiger partial charge is 0.308 e. The van der Waals surface area contributed by atoms with Crippen LogP contribution in [0.25, 0.3) is 0 Å². The molecule has 5 nitrogen and oxygen atoms in total. The number of carboxylic acids is 1. The Bertz CT molecular complexity index is 819. The second-order valence-electron chi connectivity index (χ2n) is 6.33. The Hall–Kier alpha value is -2.89. The van der Waals surface area contributed by atoms with E-state index in [2.05, 4.69) is 0 Å². The summed E-state index contributed by atoms with van der Waals surface area (Å²) >= 11 is 0. The van der Waals surface area contributed by atoms with Gasteiger partial charge in [0.15, 0.2) is 0 Å². The van der Waals surface area contributed by atoms with Crippen LogP contribution in [0.4, 0.5) is 4.39 Å². The number of amides is 1. The number of hydrogen-bond acceptors (Lipinski definition) is 3. The molecule has 0 unspecified atom stereocenters. The molecule has 0 saturated carbocycles. The van der Waals surface area contributed by atoms with Gasteiger partial charge in [-0.05, 0) is 36.8 Å². The quantitative estimate of drug-likeness (QED) is 0.898. The molecule has 0 radical (unpaired) electrons. The fourth-order valence-corrected chi connectivity index (χ4v) is 3.26. The number of aryl methyl sites for hydroxylation is 1. The van der Waals surface area contributed by atoms with E-state index in [1.54, 1.807) is 24.3 Å². The molecule has 0 aromatic heterocycles. The molecule has 6 heteroatoms. The number of aliphatic carboxylic acids is 1. The molecule has 3 rings (SSSR count). The van der Waals surface area contributed by atoms with Crippen LogP contribution in [0.2, 0.25) is 0 Å². The van der Waals surface area contributed by atoms with E-state index in [1.165, 1.54) is 23.1 Å². The van der Waals surface area contributed by atoms with Gasteiger partial charge in [0, 0.05) is 19.0 Å². The molecule has 1 fully saturated rings. The molecular formula is C19H18FNO4. The summed E-state index contributed by atoms with van der Waals surface area (Å²) in [5.41, 5.74) is 1.66. The second-order valence-corrected chi connectivity index (χ2v) is 6.33. The molecule has 2 N–H and O–H groups in total. The summed E-state index contributed by atoms with van der Waals surface area (Å²) in [6.45, 7) is 2.06. The number of likely N-dealkylation sites (tertiary alicyclic amines) is 1. The number of rotatable bonds is 3. The largest absolute Gasteiger partial charge is 0.507 e. The van der Waals surface area contributed by atoms with Crippen molar-refractivity contribution in [3.63, 3.8) is 0 Å². The molecule has 1 amide bonds. The lowest BCUT2D eigenvalue weighted by atomic mass is 9.89. The third-order valence-electron chi connectivity index (χ3n) is 4.60. The summed E-state index contributed by atoms with van der Waals surface area (Å²) in [5, 5.41) is 19.5. The number of phenols is 1. The highest BCUT2D eigenvalue weighted by atomic mass is 19.1. The Morgan fingerprint density at radius 3 is 2.44 bits per heavy atom. The first-order valence-corrected chi connectivity index (χ1v) is 7.94. The number of aromatic hydroxyl groups is 1. The van der Waals surface area contributed by atoms with Crippen LogP contribution in [0.3, 0.4) is 0 Å². The van der Waals surface area contributed by atoms with Gasteiger partial charge < -0.3 is 15.1 Å². The zero-order valence-electron chi connectivity index (χ0n) is 13.6. The molecule has 2 aromatic rings. The van der Waals surface area contributed by atoms with Gasteiger partial charge in [-0.2, -0.15) is 0 Å². The molecule has 130 valence electrons. The molecule has 25 heavy (non-hydrogen) atoms. The molecule has 1 aliphatic heterocycles. The van der Waals surface area contributed by atoms with Crippen LogP contribution >= 0.6 is 0 Å². The minimum absolute atomic E-state index is 0.0452. The van der Waals surface area contributed by atoms with Crippen molar-refractivity contribution in [2.24, 2.45) is 5.92 Å². The topological polar surface area (TPSA) is 77.8 Å². The van der Waals surface area contributed by atoms with Crippen LogP contribution < -0.4 is 0 Å². The average molecular weight is 343 g/mol. The van der Waals surface area contributed by atoms with Gasteiger partial charge in [-0.15, -0.1) is 0 Å². The Morgan fingerprint density at radius 1 is 1.12 bits per heavy atom. The fourth-order valence-electron chi connectivity index (χ4n) is 3.26. The van der Waals surface area contributed by atoms with Crippen molar-refractivity contribution < 1.29 is 24.2 Å². The SMILES string of the molecule is Cc1ccc(O)c(C(=O)N2C[C@@H](C(=O)O)[C@H](c3ccc(F)cc3)C2)c1. The molecule has 0 bridgehead atoms. The van der Waals surface area contributed by atoms with Crippen molar-refractivity contribution in [3.8, 4) is 5.75 Å². The van der Waals surface area contributed by atoms with E-state index in [1.807, 2.05) is 6.92 Å². The molecule has 1 heterocycles. The predicted octanol–water partition coefficient (Wildman–Crippen LogP) is 2.78. The van der Waals surface area contributed by atoms with Crippen LogP contribution in [0.15, 0.2) is 42.5 Å². The molecule has 0 spiro atoms. The van der Waals surface area contributed by atoms with E-state index in [9.17, 15) is 24.2 Å². The lowest BCUT2D eigenvalue weighted by Crippen LogP contribution is -2.30. The molecule has 1 aliphatic rings. The van der Waals surface area contributed by atoms with Gasteiger partial charge in [-0.3, -0.25) is 9.59 Å². The molecule has 2 atom stereocenters. The van der Waals surface area contributed by atoms with Crippen molar-refractivity contribution in [3.05, 3.63) is 65.0 Å². The van der Waals surface area contributed by atoms with Crippen LogP contribution in [0.5, 0.6) is 5.75 Å². The van der Waals surface area contributed by atoms with E-state index in [4.69, 9.17) is 0 Å². The van der Waals surface area contributed by atoms with Gasteiger partial charge in [0.05, 0.1) is 11.5 Å². The minimum Gasteiger partial charge on any atom is -0.507 e. The second kappa shape index (κ2) is 6.55. The van der Waals surface area contributed by atoms with Crippen LogP contribution in [-0.2, 0) is 4.79 Å². The summed E-state index contributed by atoms with van der Waals surface area (Å²) in [5.74, 6) is -3.13. The van der Waals surface area contributed by atoms with E-state index >= 15 is 0 Å². The Balaban J connectivity index is 1.89. The number of hydrogen-bond donors (Lipinski definition) is 2. The summed E-state index contributed by atoms with van der Waals surface area (Å²) in [6.07, 6.45) is 0.